The summed E-state index contributed by atoms with van der Waals surface area (Å²) in [5.74, 6) is 0.880. The Labute approximate surface area is 189 Å². The van der Waals surface area contributed by atoms with Gasteiger partial charge in [-0.2, -0.15) is 0 Å². The molecule has 172 valence electrons. The van der Waals surface area contributed by atoms with Crippen molar-refractivity contribution in [3.63, 3.8) is 0 Å². The third-order valence-corrected chi connectivity index (χ3v) is 7.58. The first-order valence-corrected chi connectivity index (χ1v) is 12.4. The van der Waals surface area contributed by atoms with Crippen LogP contribution in [-0.4, -0.2) is 56.5 Å². The van der Waals surface area contributed by atoms with Gasteiger partial charge < -0.3 is 4.90 Å². The van der Waals surface area contributed by atoms with E-state index in [4.69, 9.17) is 4.98 Å². The first kappa shape index (κ1) is 21.4. The second-order valence-corrected chi connectivity index (χ2v) is 9.78. The number of amides is 1. The molecule has 2 aromatic rings. The van der Waals surface area contributed by atoms with Gasteiger partial charge in [0.1, 0.15) is 0 Å². The molecule has 2 fully saturated rings. The van der Waals surface area contributed by atoms with Crippen LogP contribution in [0.15, 0.2) is 23.0 Å². The van der Waals surface area contributed by atoms with E-state index in [0.717, 1.165) is 62.7 Å². The Balaban J connectivity index is 1.34. The monoisotopic (exact) mass is 437 g/mol. The highest BCUT2D eigenvalue weighted by Crippen LogP contribution is 2.33. The summed E-state index contributed by atoms with van der Waals surface area (Å²) >= 11 is 0. The molecule has 2 atom stereocenters. The van der Waals surface area contributed by atoms with Crippen molar-refractivity contribution < 1.29 is 4.79 Å². The minimum absolute atomic E-state index is 0.0602. The maximum Gasteiger partial charge on any atom is 0.276 e. The van der Waals surface area contributed by atoms with Crippen LogP contribution in [0.3, 0.4) is 0 Å². The van der Waals surface area contributed by atoms with Gasteiger partial charge in [0.05, 0.1) is 11.7 Å². The SMILES string of the molecule is Cc1nc2cc([C@H]3CCCN3C[C@@H]3CC=CCC3)[nH]n2c(=O)c1CCC(=O)N1CCCC1. The second kappa shape index (κ2) is 9.22. The molecule has 1 amide bonds. The summed E-state index contributed by atoms with van der Waals surface area (Å²) in [6.07, 6.45) is 13.6. The van der Waals surface area contributed by atoms with Gasteiger partial charge in [-0.25, -0.2) is 9.50 Å². The van der Waals surface area contributed by atoms with Crippen LogP contribution in [0, 0.1) is 12.8 Å². The summed E-state index contributed by atoms with van der Waals surface area (Å²) in [4.78, 5) is 34.9. The zero-order chi connectivity index (χ0) is 22.1. The molecule has 2 saturated heterocycles. The highest BCUT2D eigenvalue weighted by atomic mass is 16.2. The fourth-order valence-electron chi connectivity index (χ4n) is 5.75. The Morgan fingerprint density at radius 1 is 1.16 bits per heavy atom. The van der Waals surface area contributed by atoms with Crippen molar-refractivity contribution in [1.29, 1.82) is 0 Å². The van der Waals surface area contributed by atoms with Crippen LogP contribution in [0.25, 0.3) is 5.65 Å². The van der Waals surface area contributed by atoms with Crippen molar-refractivity contribution in [2.24, 2.45) is 5.92 Å². The van der Waals surface area contributed by atoms with Crippen molar-refractivity contribution in [3.05, 3.63) is 45.5 Å². The molecule has 32 heavy (non-hydrogen) atoms. The van der Waals surface area contributed by atoms with E-state index in [1.807, 2.05) is 11.8 Å². The average molecular weight is 438 g/mol. The van der Waals surface area contributed by atoms with E-state index in [1.165, 1.54) is 25.7 Å². The van der Waals surface area contributed by atoms with Gasteiger partial charge in [-0.05, 0) is 70.8 Å². The van der Waals surface area contributed by atoms with Crippen LogP contribution in [0.5, 0.6) is 0 Å². The Hall–Kier alpha value is -2.41. The fraction of sp³-hybridized carbons (Fsp3) is 0.640. The summed E-state index contributed by atoms with van der Waals surface area (Å²) in [6.45, 7) is 5.83. The molecule has 0 saturated carbocycles. The average Bonchev–Trinajstić information content (AvgIpc) is 3.55. The molecule has 4 heterocycles. The highest BCUT2D eigenvalue weighted by Gasteiger charge is 2.30. The Morgan fingerprint density at radius 2 is 2.00 bits per heavy atom. The molecule has 7 nitrogen and oxygen atoms in total. The molecule has 5 rings (SSSR count). The number of hydrogen-bond acceptors (Lipinski definition) is 4. The predicted octanol–water partition coefficient (Wildman–Crippen LogP) is 3.38. The van der Waals surface area contributed by atoms with Gasteiger partial charge in [0.2, 0.25) is 5.91 Å². The second-order valence-electron chi connectivity index (χ2n) is 9.78. The Kier molecular flexibility index (Phi) is 6.17. The maximum atomic E-state index is 13.3. The number of H-pyrrole nitrogens is 1. The number of nitrogens with one attached hydrogen (secondary N) is 1. The molecule has 0 spiro atoms. The van der Waals surface area contributed by atoms with E-state index < -0.39 is 0 Å². The lowest BCUT2D eigenvalue weighted by Gasteiger charge is -2.29. The van der Waals surface area contributed by atoms with Gasteiger partial charge in [-0.1, -0.05) is 12.2 Å². The zero-order valence-corrected chi connectivity index (χ0v) is 19.2. The smallest absolute Gasteiger partial charge is 0.276 e. The minimum Gasteiger partial charge on any atom is -0.343 e. The standard InChI is InChI=1S/C25H35N5O2/c1-18-20(11-12-24(31)28-13-5-6-14-28)25(32)30-23(26-18)16-21(27-30)22-10-7-15-29(22)17-19-8-3-2-4-9-19/h2-3,16,19,22,27H,4-15,17H2,1H3/t19-,22-/m1/s1. The Morgan fingerprint density at radius 3 is 2.78 bits per heavy atom. The number of allylic oxidation sites excluding steroid dienone is 2. The minimum atomic E-state index is -0.0602. The normalized spacial score (nSPS) is 24.1. The van der Waals surface area contributed by atoms with Gasteiger partial charge in [0.15, 0.2) is 5.65 Å². The Bertz CT molecular complexity index is 1060. The van der Waals surface area contributed by atoms with Crippen LogP contribution in [0.2, 0.25) is 0 Å². The first-order valence-electron chi connectivity index (χ1n) is 12.4. The number of nitrogens with zero attached hydrogens (tertiary/aromatic N) is 4. The van der Waals surface area contributed by atoms with Crippen LogP contribution < -0.4 is 5.56 Å². The molecule has 0 radical (unpaired) electrons. The molecule has 0 unspecified atom stereocenters. The number of aromatic nitrogens is 3. The van der Waals surface area contributed by atoms with E-state index in [1.54, 1.807) is 4.52 Å². The van der Waals surface area contributed by atoms with E-state index in [0.29, 0.717) is 30.1 Å². The lowest BCUT2D eigenvalue weighted by Crippen LogP contribution is -2.30. The molecule has 2 aromatic heterocycles. The van der Waals surface area contributed by atoms with E-state index >= 15 is 0 Å². The number of fused-ring (bicyclic) bond motifs is 1. The van der Waals surface area contributed by atoms with Gasteiger partial charge in [-0.15, -0.1) is 0 Å². The lowest BCUT2D eigenvalue weighted by atomic mass is 9.93. The third kappa shape index (κ3) is 4.27. The van der Waals surface area contributed by atoms with Crippen molar-refractivity contribution in [3.8, 4) is 0 Å². The van der Waals surface area contributed by atoms with Gasteiger partial charge in [0, 0.05) is 43.4 Å². The van der Waals surface area contributed by atoms with Crippen molar-refractivity contribution >= 4 is 11.6 Å². The van der Waals surface area contributed by atoms with Crippen LogP contribution in [-0.2, 0) is 11.2 Å². The summed E-state index contributed by atoms with van der Waals surface area (Å²) in [7, 11) is 0. The molecule has 0 bridgehead atoms. The first-order chi connectivity index (χ1) is 15.6. The van der Waals surface area contributed by atoms with Crippen LogP contribution in [0.1, 0.15) is 74.4 Å². The molecular weight excluding hydrogens is 402 g/mol. The van der Waals surface area contributed by atoms with Crippen molar-refractivity contribution in [2.75, 3.05) is 26.2 Å². The zero-order valence-electron chi connectivity index (χ0n) is 19.2. The topological polar surface area (TPSA) is 73.7 Å². The molecule has 7 heteroatoms. The number of rotatable bonds is 6. The van der Waals surface area contributed by atoms with Crippen LogP contribution >= 0.6 is 0 Å². The number of aromatic amines is 1. The number of carbonyl (C=O) groups is 1. The molecular formula is C25H35N5O2. The van der Waals surface area contributed by atoms with E-state index in [9.17, 15) is 9.59 Å². The predicted molar refractivity (Wildman–Crippen MR) is 125 cm³/mol. The number of carbonyl (C=O) groups excluding carboxylic acids is 1. The summed E-state index contributed by atoms with van der Waals surface area (Å²) in [6, 6.07) is 2.37. The lowest BCUT2D eigenvalue weighted by molar-refractivity contribution is -0.130. The van der Waals surface area contributed by atoms with E-state index in [2.05, 4.69) is 28.2 Å². The van der Waals surface area contributed by atoms with Crippen molar-refractivity contribution in [1.82, 2.24) is 24.4 Å². The van der Waals surface area contributed by atoms with E-state index in [-0.39, 0.29) is 11.5 Å². The number of likely N-dealkylation sites (tertiary alicyclic amines) is 2. The van der Waals surface area contributed by atoms with Gasteiger partial charge >= 0.3 is 0 Å². The molecule has 2 aliphatic heterocycles. The molecule has 1 N–H and O–H groups in total. The number of aryl methyl sites for hydroxylation is 1. The van der Waals surface area contributed by atoms with Crippen LogP contribution in [0.4, 0.5) is 0 Å². The quantitative estimate of drug-likeness (QED) is 0.703. The molecule has 1 aliphatic carbocycles. The summed E-state index contributed by atoms with van der Waals surface area (Å²) in [5, 5.41) is 3.37. The highest BCUT2D eigenvalue weighted by molar-refractivity contribution is 5.76. The van der Waals surface area contributed by atoms with Gasteiger partial charge in [-0.3, -0.25) is 19.6 Å². The van der Waals surface area contributed by atoms with Crippen molar-refractivity contribution in [2.45, 2.75) is 70.8 Å². The molecule has 0 aromatic carbocycles. The fourth-order valence-corrected chi connectivity index (χ4v) is 5.75. The summed E-state index contributed by atoms with van der Waals surface area (Å²) in [5.41, 5.74) is 3.11. The molecule has 3 aliphatic rings. The van der Waals surface area contributed by atoms with Gasteiger partial charge in [0.25, 0.3) is 5.56 Å². The maximum absolute atomic E-state index is 13.3. The third-order valence-electron chi connectivity index (χ3n) is 7.58. The number of hydrogen-bond donors (Lipinski definition) is 1. The largest absolute Gasteiger partial charge is 0.343 e. The summed E-state index contributed by atoms with van der Waals surface area (Å²) < 4.78 is 1.60.